The predicted octanol–water partition coefficient (Wildman–Crippen LogP) is 1.16. The molecule has 4 aliphatic carbocycles. The number of halogens is 1. The van der Waals surface area contributed by atoms with Crippen molar-refractivity contribution in [2.24, 2.45) is 28.6 Å². The quantitative estimate of drug-likeness (QED) is 0.353. The van der Waals surface area contributed by atoms with Crippen LogP contribution in [-0.2, 0) is 14.3 Å². The van der Waals surface area contributed by atoms with Gasteiger partial charge in [-0.3, -0.25) is 9.59 Å². The van der Waals surface area contributed by atoms with Gasteiger partial charge in [0.25, 0.3) is 0 Å². The molecule has 7 nitrogen and oxygen atoms in total. The first-order chi connectivity index (χ1) is 13.5. The van der Waals surface area contributed by atoms with Crippen LogP contribution in [0.15, 0.2) is 0 Å². The van der Waals surface area contributed by atoms with E-state index in [1.54, 1.807) is 27.7 Å². The minimum Gasteiger partial charge on any atom is -0.451 e. The molecule has 0 aromatic carbocycles. The van der Waals surface area contributed by atoms with Gasteiger partial charge in [-0.2, -0.15) is 0 Å². The zero-order valence-electron chi connectivity index (χ0n) is 18.2. The Morgan fingerprint density at radius 3 is 2.30 bits per heavy atom. The molecule has 4 fully saturated rings. The molecule has 0 heterocycles. The fraction of sp³-hybridized carbons (Fsp3) is 0.909. The number of hydrogen-bond donors (Lipinski definition) is 4. The van der Waals surface area contributed by atoms with Crippen molar-refractivity contribution in [1.82, 2.24) is 0 Å². The van der Waals surface area contributed by atoms with Crippen molar-refractivity contribution in [3.63, 3.8) is 0 Å². The highest BCUT2D eigenvalue weighted by Gasteiger charge is 2.80. The predicted molar refractivity (Wildman–Crippen MR) is 108 cm³/mol. The van der Waals surface area contributed by atoms with Crippen molar-refractivity contribution in [3.8, 4) is 0 Å². The molecule has 0 saturated heterocycles. The van der Waals surface area contributed by atoms with Crippen LogP contribution in [0.5, 0.6) is 0 Å². The summed E-state index contributed by atoms with van der Waals surface area (Å²) in [6, 6.07) is 0. The van der Waals surface area contributed by atoms with Gasteiger partial charge in [0.2, 0.25) is 0 Å². The van der Waals surface area contributed by atoms with Crippen molar-refractivity contribution in [2.45, 2.75) is 94.7 Å². The maximum atomic E-state index is 14.1. The molecule has 0 radical (unpaired) electrons. The van der Waals surface area contributed by atoms with Crippen molar-refractivity contribution in [3.05, 3.63) is 0 Å². The first kappa shape index (κ1) is 22.5. The summed E-state index contributed by atoms with van der Waals surface area (Å²) < 4.78 is 5.49. The van der Waals surface area contributed by atoms with Gasteiger partial charge in [-0.25, -0.2) is 0 Å². The summed E-state index contributed by atoms with van der Waals surface area (Å²) in [6.45, 7) is 7.58. The van der Waals surface area contributed by atoms with E-state index in [0.29, 0.717) is 19.3 Å². The summed E-state index contributed by atoms with van der Waals surface area (Å²) in [5.41, 5.74) is -7.30. The largest absolute Gasteiger partial charge is 0.451 e. The van der Waals surface area contributed by atoms with Gasteiger partial charge in [-0.1, -0.05) is 13.8 Å². The second-order valence-corrected chi connectivity index (χ2v) is 11.7. The van der Waals surface area contributed by atoms with E-state index in [-0.39, 0.29) is 12.3 Å². The summed E-state index contributed by atoms with van der Waals surface area (Å²) >= 11 is 6.63. The second-order valence-electron chi connectivity index (χ2n) is 11.2. The summed E-state index contributed by atoms with van der Waals surface area (Å²) in [5.74, 6) is -3.06. The van der Waals surface area contributed by atoms with Gasteiger partial charge in [0.15, 0.2) is 11.9 Å². The van der Waals surface area contributed by atoms with Gasteiger partial charge in [0, 0.05) is 29.6 Å². The summed E-state index contributed by atoms with van der Waals surface area (Å²) in [4.78, 5) is 26.2. The number of aliphatic hydroxyl groups is 4. The molecule has 8 heteroatoms. The average Bonchev–Trinajstić information content (AvgIpc) is 2.88. The zero-order valence-corrected chi connectivity index (χ0v) is 18.9. The van der Waals surface area contributed by atoms with E-state index in [1.807, 2.05) is 0 Å². The average molecular weight is 445 g/mol. The topological polar surface area (TPSA) is 124 Å². The molecule has 10 atom stereocenters. The molecule has 2 unspecified atom stereocenters. The number of esters is 1. The van der Waals surface area contributed by atoms with Crippen LogP contribution in [0.4, 0.5) is 0 Å². The molecule has 30 heavy (non-hydrogen) atoms. The smallest absolute Gasteiger partial charge is 0.303 e. The molecule has 4 aliphatic rings. The first-order valence-electron chi connectivity index (χ1n) is 10.8. The van der Waals surface area contributed by atoms with E-state index in [9.17, 15) is 30.0 Å². The van der Waals surface area contributed by atoms with Crippen LogP contribution in [-0.4, -0.2) is 66.6 Å². The molecule has 0 amide bonds. The molecule has 0 aromatic heterocycles. The molecular weight excluding hydrogens is 412 g/mol. The summed E-state index contributed by atoms with van der Waals surface area (Å²) in [5, 5.41) is 44.9. The highest BCUT2D eigenvalue weighted by atomic mass is 35.5. The molecule has 4 N–H and O–H groups in total. The van der Waals surface area contributed by atoms with Crippen molar-refractivity contribution in [2.75, 3.05) is 0 Å². The number of ketones is 1. The van der Waals surface area contributed by atoms with Gasteiger partial charge >= 0.3 is 5.97 Å². The molecular formula is C22H33ClO7. The highest BCUT2D eigenvalue weighted by molar-refractivity contribution is 6.22. The maximum absolute atomic E-state index is 14.1. The van der Waals surface area contributed by atoms with Crippen LogP contribution in [0.2, 0.25) is 0 Å². The Morgan fingerprint density at radius 2 is 1.73 bits per heavy atom. The van der Waals surface area contributed by atoms with E-state index in [2.05, 4.69) is 0 Å². The number of alkyl halides is 1. The van der Waals surface area contributed by atoms with Gasteiger partial charge in [0.05, 0.1) is 22.7 Å². The van der Waals surface area contributed by atoms with E-state index >= 15 is 0 Å². The minimum atomic E-state index is -2.08. The lowest BCUT2D eigenvalue weighted by molar-refractivity contribution is -0.211. The molecule has 1 spiro atoms. The number of Topliss-reactive ketones (excluding diaryl/α,β-unsaturated/α-hetero) is 1. The third-order valence-corrected chi connectivity index (χ3v) is 9.74. The van der Waals surface area contributed by atoms with Crippen molar-refractivity contribution < 1.29 is 34.8 Å². The van der Waals surface area contributed by atoms with E-state index in [1.165, 1.54) is 0 Å². The summed E-state index contributed by atoms with van der Waals surface area (Å²) in [7, 11) is 0. The normalized spacial score (nSPS) is 56.8. The molecule has 2 bridgehead atoms. The Morgan fingerprint density at radius 1 is 1.13 bits per heavy atom. The van der Waals surface area contributed by atoms with E-state index in [0.717, 1.165) is 6.92 Å². The molecule has 4 saturated carbocycles. The minimum absolute atomic E-state index is 0.121. The number of fused-ring (bicyclic) bond motifs is 2. The van der Waals surface area contributed by atoms with E-state index in [4.69, 9.17) is 16.3 Å². The van der Waals surface area contributed by atoms with Crippen LogP contribution < -0.4 is 0 Å². The van der Waals surface area contributed by atoms with Crippen LogP contribution in [0.3, 0.4) is 0 Å². The lowest BCUT2D eigenvalue weighted by atomic mass is 9.58. The maximum Gasteiger partial charge on any atom is 0.303 e. The number of rotatable bonds is 1. The highest BCUT2D eigenvalue weighted by Crippen LogP contribution is 2.69. The SMILES string of the molecule is CC(=O)O[C@@H]1C(=O)C23C[C@H](CC[C@H]2[C@@](C)(O)C2[C@@H](Cl)[C@H](O)C(C)(C)[C@]21O)[C@](C)(O)C3. The van der Waals surface area contributed by atoms with Crippen LogP contribution in [0.25, 0.3) is 0 Å². The molecule has 170 valence electrons. The second kappa shape index (κ2) is 6.19. The Kier molecular flexibility index (Phi) is 4.64. The number of carbonyl (C=O) groups excluding carboxylic acids is 2. The fourth-order valence-corrected chi connectivity index (χ4v) is 8.53. The van der Waals surface area contributed by atoms with Crippen LogP contribution in [0.1, 0.15) is 60.3 Å². The standard InChI is InChI=1S/C22H33ClO7/c1-10(24)30-17-16(26)21-8-11(19(4,27)9-21)6-7-12(21)20(5,28)14-13(23)15(25)18(2,3)22(14,17)29/h11-15,17,25,27-29H,6-9H2,1-5H3/t11-,12-,13+,14?,15-,17+,19+,20+,21?,22-/m0/s1. The Labute approximate surface area is 181 Å². The Hall–Kier alpha value is -0.730. The van der Waals surface area contributed by atoms with Gasteiger partial charge in [-0.05, 0) is 45.4 Å². The van der Waals surface area contributed by atoms with Crippen LogP contribution in [0, 0.1) is 28.6 Å². The van der Waals surface area contributed by atoms with E-state index < -0.39 is 68.8 Å². The number of aliphatic hydroxyl groups excluding tert-OH is 1. The lowest BCUT2D eigenvalue weighted by Gasteiger charge is -2.49. The molecule has 4 rings (SSSR count). The van der Waals surface area contributed by atoms with Crippen LogP contribution >= 0.6 is 11.6 Å². The monoisotopic (exact) mass is 444 g/mol. The third-order valence-electron chi connectivity index (χ3n) is 9.25. The fourth-order valence-electron chi connectivity index (χ4n) is 7.76. The number of carbonyl (C=O) groups is 2. The first-order valence-corrected chi connectivity index (χ1v) is 11.2. The lowest BCUT2D eigenvalue weighted by Crippen LogP contribution is -2.63. The summed E-state index contributed by atoms with van der Waals surface area (Å²) in [6.07, 6.45) is -1.25. The van der Waals surface area contributed by atoms with Gasteiger partial charge in [0.1, 0.15) is 5.60 Å². The molecule has 0 aliphatic heterocycles. The Bertz CT molecular complexity index is 792. The van der Waals surface area contributed by atoms with Gasteiger partial charge < -0.3 is 25.2 Å². The van der Waals surface area contributed by atoms with Crippen molar-refractivity contribution >= 4 is 23.4 Å². The van der Waals surface area contributed by atoms with Gasteiger partial charge in [-0.15, -0.1) is 11.6 Å². The third kappa shape index (κ3) is 2.42. The number of ether oxygens (including phenoxy) is 1. The van der Waals surface area contributed by atoms with Crippen molar-refractivity contribution in [1.29, 1.82) is 0 Å². The Balaban J connectivity index is 2.00. The zero-order chi connectivity index (χ0) is 22.7. The number of hydrogen-bond acceptors (Lipinski definition) is 7. The molecule has 0 aromatic rings.